The number of fused-ring (bicyclic) bond motifs is 1. The van der Waals surface area contributed by atoms with Crippen molar-refractivity contribution in [3.63, 3.8) is 0 Å². The van der Waals surface area contributed by atoms with Crippen molar-refractivity contribution < 1.29 is 23.9 Å². The average molecular weight is 447 g/mol. The second-order valence-electron chi connectivity index (χ2n) is 10.1. The van der Waals surface area contributed by atoms with Gasteiger partial charge in [-0.25, -0.2) is 4.79 Å². The first-order chi connectivity index (χ1) is 14.6. The molecule has 1 unspecified atom stereocenters. The zero-order valence-corrected chi connectivity index (χ0v) is 20.2. The molecule has 0 aliphatic carbocycles. The maximum absolute atomic E-state index is 13.5. The Morgan fingerprint density at radius 1 is 1.06 bits per heavy atom. The molecule has 9 nitrogen and oxygen atoms in total. The molecule has 4 amide bonds. The van der Waals surface area contributed by atoms with Gasteiger partial charge in [0.25, 0.3) is 5.91 Å². The van der Waals surface area contributed by atoms with E-state index in [4.69, 9.17) is 4.74 Å². The molecule has 1 aromatic carbocycles. The van der Waals surface area contributed by atoms with Gasteiger partial charge in [0.05, 0.1) is 17.9 Å². The number of hydrogen-bond acceptors (Lipinski definition) is 5. The first-order valence-corrected chi connectivity index (χ1v) is 10.5. The molecule has 1 aliphatic rings. The summed E-state index contributed by atoms with van der Waals surface area (Å²) in [5.41, 5.74) is -0.566. The number of nitrogens with zero attached hydrogens (tertiary/aromatic N) is 3. The Hall–Kier alpha value is -3.10. The van der Waals surface area contributed by atoms with Gasteiger partial charge in [0.2, 0.25) is 11.8 Å². The van der Waals surface area contributed by atoms with Crippen molar-refractivity contribution in [3.05, 3.63) is 24.3 Å². The van der Waals surface area contributed by atoms with Crippen LogP contribution in [0.1, 0.15) is 41.5 Å². The molecule has 9 heteroatoms. The van der Waals surface area contributed by atoms with Crippen molar-refractivity contribution in [1.29, 1.82) is 0 Å². The number of amides is 4. The number of ether oxygens (including phenoxy) is 1. The molecule has 1 atom stereocenters. The zero-order chi connectivity index (χ0) is 24.4. The van der Waals surface area contributed by atoms with E-state index in [2.05, 4.69) is 5.32 Å². The molecule has 0 aromatic heterocycles. The van der Waals surface area contributed by atoms with Crippen molar-refractivity contribution in [2.75, 3.05) is 37.0 Å². The number of carbonyl (C=O) groups excluding carboxylic acids is 4. The monoisotopic (exact) mass is 446 g/mol. The molecule has 1 aliphatic heterocycles. The van der Waals surface area contributed by atoms with Crippen LogP contribution in [0.4, 0.5) is 16.2 Å². The summed E-state index contributed by atoms with van der Waals surface area (Å²) in [5, 5.41) is 2.60. The van der Waals surface area contributed by atoms with Crippen LogP contribution in [0.5, 0.6) is 0 Å². The standard InChI is InChI=1S/C23H34N4O5/c1-22(2,3)20(30)27-13-15(24-21(31)32-23(4,5)6)19(29)26(14-18(28)25(7)8)16-11-9-10-12-17(16)27/h9-12,15H,13-14H2,1-8H3,(H,24,31). The Bertz CT molecular complexity index is 898. The highest BCUT2D eigenvalue weighted by atomic mass is 16.6. The number of rotatable bonds is 3. The van der Waals surface area contributed by atoms with Gasteiger partial charge in [-0.1, -0.05) is 32.9 Å². The Kier molecular flexibility index (Phi) is 7.22. The molecule has 1 heterocycles. The molecule has 2 rings (SSSR count). The minimum Gasteiger partial charge on any atom is -0.444 e. The summed E-state index contributed by atoms with van der Waals surface area (Å²) in [4.78, 5) is 56.0. The van der Waals surface area contributed by atoms with Crippen LogP contribution < -0.4 is 15.1 Å². The van der Waals surface area contributed by atoms with Gasteiger partial charge in [0, 0.05) is 19.5 Å². The van der Waals surface area contributed by atoms with Crippen molar-refractivity contribution >= 4 is 35.2 Å². The smallest absolute Gasteiger partial charge is 0.408 e. The normalized spacial score (nSPS) is 16.8. The third kappa shape index (κ3) is 5.99. The lowest BCUT2D eigenvalue weighted by molar-refractivity contribution is -0.129. The lowest BCUT2D eigenvalue weighted by atomic mass is 9.94. The van der Waals surface area contributed by atoms with Gasteiger partial charge in [0.1, 0.15) is 18.2 Å². The van der Waals surface area contributed by atoms with Gasteiger partial charge in [-0.05, 0) is 32.9 Å². The number of alkyl carbamates (subject to hydrolysis) is 1. The van der Waals surface area contributed by atoms with E-state index in [1.165, 1.54) is 14.7 Å². The van der Waals surface area contributed by atoms with Crippen LogP contribution in [0.15, 0.2) is 24.3 Å². The highest BCUT2D eigenvalue weighted by molar-refractivity contribution is 6.10. The average Bonchev–Trinajstić information content (AvgIpc) is 2.75. The predicted molar refractivity (Wildman–Crippen MR) is 122 cm³/mol. The Balaban J connectivity index is 2.56. The fourth-order valence-electron chi connectivity index (χ4n) is 3.18. The number of nitrogens with one attached hydrogen (secondary N) is 1. The fourth-order valence-corrected chi connectivity index (χ4v) is 3.18. The number of carbonyl (C=O) groups is 4. The molecule has 176 valence electrons. The molecule has 1 aromatic rings. The Morgan fingerprint density at radius 2 is 1.62 bits per heavy atom. The first-order valence-electron chi connectivity index (χ1n) is 10.5. The summed E-state index contributed by atoms with van der Waals surface area (Å²) in [6.45, 7) is 10.2. The maximum Gasteiger partial charge on any atom is 0.408 e. The van der Waals surface area contributed by atoms with Crippen molar-refractivity contribution in [2.45, 2.75) is 53.2 Å². The zero-order valence-electron chi connectivity index (χ0n) is 20.2. The number of likely N-dealkylation sites (N-methyl/N-ethyl adjacent to an activating group) is 1. The van der Waals surface area contributed by atoms with Crippen molar-refractivity contribution in [1.82, 2.24) is 10.2 Å². The summed E-state index contributed by atoms with van der Waals surface area (Å²) in [6.07, 6.45) is -0.774. The molecule has 0 fully saturated rings. The summed E-state index contributed by atoms with van der Waals surface area (Å²) in [7, 11) is 3.20. The van der Waals surface area contributed by atoms with E-state index in [0.717, 1.165) is 0 Å². The van der Waals surface area contributed by atoms with Crippen LogP contribution in [0.25, 0.3) is 0 Å². The van der Waals surface area contributed by atoms with Crippen molar-refractivity contribution in [2.24, 2.45) is 5.41 Å². The summed E-state index contributed by atoms with van der Waals surface area (Å²) >= 11 is 0. The van der Waals surface area contributed by atoms with E-state index < -0.39 is 29.1 Å². The Morgan fingerprint density at radius 3 is 2.12 bits per heavy atom. The Labute approximate surface area is 189 Å². The van der Waals surface area contributed by atoms with Crippen LogP contribution in [0.2, 0.25) is 0 Å². The third-order valence-electron chi connectivity index (χ3n) is 4.76. The van der Waals surface area contributed by atoms with E-state index >= 15 is 0 Å². The van der Waals surface area contributed by atoms with E-state index in [-0.39, 0.29) is 24.9 Å². The predicted octanol–water partition coefficient (Wildman–Crippen LogP) is 2.39. The first kappa shape index (κ1) is 25.2. The second kappa shape index (κ2) is 9.18. The number of hydrogen-bond donors (Lipinski definition) is 1. The SMILES string of the molecule is CN(C)C(=O)CN1C(=O)C(NC(=O)OC(C)(C)C)CN(C(=O)C(C)(C)C)c2ccccc21. The van der Waals surface area contributed by atoms with Gasteiger partial charge >= 0.3 is 6.09 Å². The van der Waals surface area contributed by atoms with Crippen LogP contribution >= 0.6 is 0 Å². The maximum atomic E-state index is 13.5. The summed E-state index contributed by atoms with van der Waals surface area (Å²) < 4.78 is 5.32. The highest BCUT2D eigenvalue weighted by Gasteiger charge is 2.40. The fraction of sp³-hybridized carbons (Fsp3) is 0.565. The van der Waals surface area contributed by atoms with Crippen LogP contribution in [-0.2, 0) is 19.1 Å². The van der Waals surface area contributed by atoms with Gasteiger partial charge < -0.3 is 19.9 Å². The minimum absolute atomic E-state index is 0.0855. The third-order valence-corrected chi connectivity index (χ3v) is 4.76. The van der Waals surface area contributed by atoms with E-state index in [1.807, 2.05) is 0 Å². The molecule has 0 spiro atoms. The topological polar surface area (TPSA) is 99.3 Å². The molecule has 0 saturated carbocycles. The molecule has 0 radical (unpaired) electrons. The van der Waals surface area contributed by atoms with E-state index in [0.29, 0.717) is 11.4 Å². The van der Waals surface area contributed by atoms with Crippen molar-refractivity contribution in [3.8, 4) is 0 Å². The molecule has 32 heavy (non-hydrogen) atoms. The van der Waals surface area contributed by atoms with Crippen LogP contribution in [0.3, 0.4) is 0 Å². The molecule has 1 N–H and O–H groups in total. The van der Waals surface area contributed by atoms with Crippen LogP contribution in [-0.4, -0.2) is 67.5 Å². The van der Waals surface area contributed by atoms with Gasteiger partial charge in [-0.2, -0.15) is 0 Å². The van der Waals surface area contributed by atoms with Gasteiger partial charge in [-0.15, -0.1) is 0 Å². The number of para-hydroxylation sites is 2. The summed E-state index contributed by atoms with van der Waals surface area (Å²) in [6, 6.07) is 5.82. The molecular weight excluding hydrogens is 412 g/mol. The summed E-state index contributed by atoms with van der Waals surface area (Å²) in [5.74, 6) is -1.00. The minimum atomic E-state index is -1.10. The van der Waals surface area contributed by atoms with Gasteiger partial charge in [0.15, 0.2) is 0 Å². The number of anilines is 2. The highest BCUT2D eigenvalue weighted by Crippen LogP contribution is 2.35. The molecule has 0 bridgehead atoms. The molecule has 0 saturated heterocycles. The largest absolute Gasteiger partial charge is 0.444 e. The second-order valence-corrected chi connectivity index (χ2v) is 10.1. The van der Waals surface area contributed by atoms with E-state index in [9.17, 15) is 19.2 Å². The molecular formula is C23H34N4O5. The van der Waals surface area contributed by atoms with Crippen LogP contribution in [0, 0.1) is 5.41 Å². The lowest BCUT2D eigenvalue weighted by Crippen LogP contribution is -2.55. The quantitative estimate of drug-likeness (QED) is 0.769. The van der Waals surface area contributed by atoms with Gasteiger partial charge in [-0.3, -0.25) is 19.3 Å². The lowest BCUT2D eigenvalue weighted by Gasteiger charge is -2.31. The number of benzene rings is 1. The van der Waals surface area contributed by atoms with E-state index in [1.54, 1.807) is 79.9 Å².